The van der Waals surface area contributed by atoms with Crippen molar-refractivity contribution in [1.29, 1.82) is 0 Å². The summed E-state index contributed by atoms with van der Waals surface area (Å²) in [7, 11) is 0. The Kier molecular flexibility index (Phi) is 3.20. The molecule has 0 aliphatic heterocycles. The number of aromatic nitrogens is 4. The van der Waals surface area contributed by atoms with Crippen molar-refractivity contribution in [3.05, 3.63) is 35.3 Å². The Labute approximate surface area is 126 Å². The van der Waals surface area contributed by atoms with Gasteiger partial charge in [0.15, 0.2) is 5.82 Å². The molecule has 6 heteroatoms. The van der Waals surface area contributed by atoms with Gasteiger partial charge in [-0.1, -0.05) is 48.1 Å². The van der Waals surface area contributed by atoms with Crippen molar-refractivity contribution in [2.75, 3.05) is 0 Å². The largest absolute Gasteiger partial charge is 0.328 e. The number of nitrogens with two attached hydrogens (primary N) is 1. The highest BCUT2D eigenvalue weighted by Gasteiger charge is 2.25. The summed E-state index contributed by atoms with van der Waals surface area (Å²) in [5, 5.41) is 14.4. The highest BCUT2D eigenvalue weighted by molar-refractivity contribution is 7.16. The van der Waals surface area contributed by atoms with E-state index in [1.807, 2.05) is 34.8 Å². The second-order valence-electron chi connectivity index (χ2n) is 5.65. The fraction of sp³-hybridized carbons (Fsp3) is 0.400. The molecule has 2 aromatic heterocycles. The first-order valence-electron chi connectivity index (χ1n) is 7.34. The normalized spacial score (nSPS) is 22.7. The van der Waals surface area contributed by atoms with Gasteiger partial charge in [0.05, 0.1) is 0 Å². The van der Waals surface area contributed by atoms with Crippen molar-refractivity contribution in [3.8, 4) is 11.4 Å². The Morgan fingerprint density at radius 3 is 2.81 bits per heavy atom. The number of benzene rings is 1. The van der Waals surface area contributed by atoms with E-state index in [0.717, 1.165) is 34.2 Å². The van der Waals surface area contributed by atoms with Crippen molar-refractivity contribution >= 4 is 16.3 Å². The summed E-state index contributed by atoms with van der Waals surface area (Å²) in [5.41, 5.74) is 7.14. The molecule has 2 N–H and O–H groups in total. The lowest BCUT2D eigenvalue weighted by Gasteiger charge is -2.24. The van der Waals surface area contributed by atoms with Gasteiger partial charge in [-0.3, -0.25) is 0 Å². The van der Waals surface area contributed by atoms with Crippen LogP contribution in [0.2, 0.25) is 0 Å². The third-order valence-corrected chi connectivity index (χ3v) is 5.16. The van der Waals surface area contributed by atoms with Crippen molar-refractivity contribution in [2.24, 2.45) is 5.73 Å². The first-order chi connectivity index (χ1) is 10.3. The summed E-state index contributed by atoms with van der Waals surface area (Å²) in [5.74, 6) is 1.29. The van der Waals surface area contributed by atoms with E-state index >= 15 is 0 Å². The SMILES string of the molecule is NC1CCCC(c2nn3c(-c4ccccc4)nnc3s2)C1. The van der Waals surface area contributed by atoms with Crippen LogP contribution >= 0.6 is 11.3 Å². The molecule has 4 rings (SSSR count). The van der Waals surface area contributed by atoms with Gasteiger partial charge in [-0.15, -0.1) is 10.2 Å². The molecule has 3 aromatic rings. The van der Waals surface area contributed by atoms with Crippen molar-refractivity contribution in [2.45, 2.75) is 37.6 Å². The van der Waals surface area contributed by atoms with Gasteiger partial charge in [0.1, 0.15) is 5.01 Å². The Hall–Kier alpha value is -1.79. The predicted octanol–water partition coefficient (Wildman–Crippen LogP) is 2.84. The van der Waals surface area contributed by atoms with E-state index in [-0.39, 0.29) is 0 Å². The summed E-state index contributed by atoms with van der Waals surface area (Å²) in [6.45, 7) is 0. The third kappa shape index (κ3) is 2.34. The highest BCUT2D eigenvalue weighted by atomic mass is 32.1. The maximum Gasteiger partial charge on any atom is 0.234 e. The van der Waals surface area contributed by atoms with E-state index in [4.69, 9.17) is 10.8 Å². The monoisotopic (exact) mass is 299 g/mol. The molecule has 1 aliphatic carbocycles. The maximum absolute atomic E-state index is 6.10. The van der Waals surface area contributed by atoms with Crippen LogP contribution in [0.25, 0.3) is 16.3 Å². The number of hydrogen-bond donors (Lipinski definition) is 1. The molecule has 2 unspecified atom stereocenters. The van der Waals surface area contributed by atoms with Crippen LogP contribution in [0.3, 0.4) is 0 Å². The highest BCUT2D eigenvalue weighted by Crippen LogP contribution is 2.35. The quantitative estimate of drug-likeness (QED) is 0.790. The lowest BCUT2D eigenvalue weighted by atomic mass is 9.87. The van der Waals surface area contributed by atoms with E-state index < -0.39 is 0 Å². The van der Waals surface area contributed by atoms with E-state index in [0.29, 0.717) is 12.0 Å². The number of fused-ring (bicyclic) bond motifs is 1. The fourth-order valence-corrected chi connectivity index (χ4v) is 4.00. The molecule has 5 nitrogen and oxygen atoms in total. The standard InChI is InChI=1S/C15H17N5S/c16-12-8-4-7-11(9-12)14-19-20-13(17-18-15(20)21-14)10-5-2-1-3-6-10/h1-3,5-6,11-12H,4,7-9,16H2. The van der Waals surface area contributed by atoms with E-state index in [1.54, 1.807) is 11.3 Å². The topological polar surface area (TPSA) is 69.1 Å². The molecule has 1 aliphatic rings. The molecule has 0 radical (unpaired) electrons. The van der Waals surface area contributed by atoms with Crippen LogP contribution in [0.1, 0.15) is 36.6 Å². The van der Waals surface area contributed by atoms with Crippen LogP contribution in [0.5, 0.6) is 0 Å². The Morgan fingerprint density at radius 1 is 1.14 bits per heavy atom. The third-order valence-electron chi connectivity index (χ3n) is 4.10. The van der Waals surface area contributed by atoms with Crippen molar-refractivity contribution < 1.29 is 0 Å². The summed E-state index contributed by atoms with van der Waals surface area (Å²) >= 11 is 1.64. The van der Waals surface area contributed by atoms with Gasteiger partial charge < -0.3 is 5.73 Å². The maximum atomic E-state index is 6.10. The molecule has 1 saturated carbocycles. The second-order valence-corrected chi connectivity index (χ2v) is 6.64. The molecule has 2 atom stereocenters. The summed E-state index contributed by atoms with van der Waals surface area (Å²) in [6.07, 6.45) is 4.54. The van der Waals surface area contributed by atoms with Gasteiger partial charge in [-0.05, 0) is 19.3 Å². The molecule has 0 bridgehead atoms. The number of hydrogen-bond acceptors (Lipinski definition) is 5. The lowest BCUT2D eigenvalue weighted by molar-refractivity contribution is 0.390. The molecule has 21 heavy (non-hydrogen) atoms. The summed E-state index contributed by atoms with van der Waals surface area (Å²) in [6, 6.07) is 10.4. The molecular weight excluding hydrogens is 282 g/mol. The van der Waals surface area contributed by atoms with Gasteiger partial charge in [0, 0.05) is 17.5 Å². The van der Waals surface area contributed by atoms with Crippen LogP contribution in [-0.2, 0) is 0 Å². The first kappa shape index (κ1) is 12.9. The molecule has 0 saturated heterocycles. The number of nitrogens with zero attached hydrogens (tertiary/aromatic N) is 4. The van der Waals surface area contributed by atoms with Crippen LogP contribution in [-0.4, -0.2) is 25.9 Å². The van der Waals surface area contributed by atoms with Crippen LogP contribution in [0, 0.1) is 0 Å². The molecule has 1 aromatic carbocycles. The summed E-state index contributed by atoms with van der Waals surface area (Å²) in [4.78, 5) is 0.864. The fourth-order valence-electron chi connectivity index (χ4n) is 3.02. The summed E-state index contributed by atoms with van der Waals surface area (Å²) < 4.78 is 1.87. The average molecular weight is 299 g/mol. The molecule has 108 valence electrons. The van der Waals surface area contributed by atoms with Gasteiger partial charge in [0.2, 0.25) is 4.96 Å². The zero-order valence-corrected chi connectivity index (χ0v) is 12.5. The minimum Gasteiger partial charge on any atom is -0.328 e. The van der Waals surface area contributed by atoms with E-state index in [2.05, 4.69) is 10.2 Å². The van der Waals surface area contributed by atoms with Gasteiger partial charge in [0.25, 0.3) is 0 Å². The smallest absolute Gasteiger partial charge is 0.234 e. The van der Waals surface area contributed by atoms with E-state index in [9.17, 15) is 0 Å². The minimum atomic E-state index is 0.312. The van der Waals surface area contributed by atoms with Gasteiger partial charge in [-0.25, -0.2) is 0 Å². The van der Waals surface area contributed by atoms with Gasteiger partial charge >= 0.3 is 0 Å². The van der Waals surface area contributed by atoms with Crippen molar-refractivity contribution in [1.82, 2.24) is 19.8 Å². The van der Waals surface area contributed by atoms with E-state index in [1.165, 1.54) is 12.8 Å². The lowest BCUT2D eigenvalue weighted by Crippen LogP contribution is -2.26. The number of rotatable bonds is 2. The first-order valence-corrected chi connectivity index (χ1v) is 8.16. The Morgan fingerprint density at radius 2 is 2.00 bits per heavy atom. The molecule has 2 heterocycles. The van der Waals surface area contributed by atoms with Crippen LogP contribution in [0.4, 0.5) is 0 Å². The van der Waals surface area contributed by atoms with Crippen molar-refractivity contribution in [3.63, 3.8) is 0 Å². The average Bonchev–Trinajstić information content (AvgIpc) is 3.08. The Bertz CT molecular complexity index is 748. The molecular formula is C15H17N5S. The van der Waals surface area contributed by atoms with Crippen LogP contribution in [0.15, 0.2) is 30.3 Å². The van der Waals surface area contributed by atoms with Gasteiger partial charge in [-0.2, -0.15) is 9.61 Å². The molecule has 0 amide bonds. The Balaban J connectivity index is 1.72. The predicted molar refractivity (Wildman–Crippen MR) is 83.3 cm³/mol. The second kappa shape index (κ2) is 5.20. The molecule has 1 fully saturated rings. The van der Waals surface area contributed by atoms with Crippen LogP contribution < -0.4 is 5.73 Å². The zero-order valence-electron chi connectivity index (χ0n) is 11.6. The zero-order chi connectivity index (χ0) is 14.2. The molecule has 0 spiro atoms. The minimum absolute atomic E-state index is 0.312.